The summed E-state index contributed by atoms with van der Waals surface area (Å²) >= 11 is 3.17. The summed E-state index contributed by atoms with van der Waals surface area (Å²) in [6.45, 7) is 0.226. The van der Waals surface area contributed by atoms with Crippen molar-refractivity contribution in [2.24, 2.45) is 0 Å². The van der Waals surface area contributed by atoms with Gasteiger partial charge in [0.25, 0.3) is 0 Å². The quantitative estimate of drug-likeness (QED) is 0.578. The van der Waals surface area contributed by atoms with Crippen LogP contribution in [0, 0.1) is 5.82 Å². The summed E-state index contributed by atoms with van der Waals surface area (Å²) in [6.07, 6.45) is 0.551. The van der Waals surface area contributed by atoms with Crippen LogP contribution in [-0.2, 0) is 22.7 Å². The maximum absolute atomic E-state index is 13.7. The lowest BCUT2D eigenvalue weighted by Gasteiger charge is -2.06. The lowest BCUT2D eigenvalue weighted by Crippen LogP contribution is -2.15. The van der Waals surface area contributed by atoms with E-state index in [1.54, 1.807) is 30.3 Å². The molecule has 0 fully saturated rings. The van der Waals surface area contributed by atoms with Gasteiger partial charge in [-0.3, -0.25) is 9.36 Å². The van der Waals surface area contributed by atoms with E-state index >= 15 is 0 Å². The van der Waals surface area contributed by atoms with Crippen LogP contribution < -0.4 is 5.76 Å². The van der Waals surface area contributed by atoms with Gasteiger partial charge in [0.05, 0.1) is 5.52 Å². The number of benzene rings is 2. The van der Waals surface area contributed by atoms with Gasteiger partial charge in [0, 0.05) is 23.0 Å². The molecular formula is C18H15BrFNO4. The first kappa shape index (κ1) is 17.4. The van der Waals surface area contributed by atoms with Crippen molar-refractivity contribution in [2.45, 2.75) is 26.0 Å². The summed E-state index contributed by atoms with van der Waals surface area (Å²) < 4.78 is 26.0. The van der Waals surface area contributed by atoms with Crippen molar-refractivity contribution in [3.05, 3.63) is 68.9 Å². The number of fused-ring (bicyclic) bond motifs is 1. The third-order valence-electron chi connectivity index (χ3n) is 3.74. The molecule has 130 valence electrons. The van der Waals surface area contributed by atoms with Crippen LogP contribution in [0.4, 0.5) is 4.39 Å². The molecule has 0 N–H and O–H groups in total. The molecule has 0 radical (unpaired) electrons. The van der Waals surface area contributed by atoms with Gasteiger partial charge in [0.2, 0.25) is 0 Å². The summed E-state index contributed by atoms with van der Waals surface area (Å²) in [7, 11) is 0. The van der Waals surface area contributed by atoms with Crippen LogP contribution in [0.25, 0.3) is 11.1 Å². The van der Waals surface area contributed by atoms with E-state index in [2.05, 4.69) is 15.9 Å². The zero-order valence-corrected chi connectivity index (χ0v) is 14.8. The molecule has 0 saturated heterocycles. The van der Waals surface area contributed by atoms with E-state index in [0.29, 0.717) is 34.1 Å². The van der Waals surface area contributed by atoms with E-state index in [4.69, 9.17) is 9.15 Å². The van der Waals surface area contributed by atoms with Crippen LogP contribution in [0.2, 0.25) is 0 Å². The molecule has 0 saturated carbocycles. The number of halogens is 2. The second-order valence-corrected chi connectivity index (χ2v) is 6.40. The van der Waals surface area contributed by atoms with Crippen molar-refractivity contribution in [1.29, 1.82) is 0 Å². The molecule has 0 aliphatic rings. The van der Waals surface area contributed by atoms with Crippen LogP contribution in [-0.4, -0.2) is 10.5 Å². The second-order valence-electron chi connectivity index (χ2n) is 5.49. The fourth-order valence-electron chi connectivity index (χ4n) is 2.48. The summed E-state index contributed by atoms with van der Waals surface area (Å²) in [4.78, 5) is 23.6. The van der Waals surface area contributed by atoms with Gasteiger partial charge in [0.15, 0.2) is 5.58 Å². The number of carbonyl (C=O) groups is 1. The zero-order valence-electron chi connectivity index (χ0n) is 13.2. The highest BCUT2D eigenvalue weighted by Gasteiger charge is 2.11. The van der Waals surface area contributed by atoms with E-state index in [-0.39, 0.29) is 13.0 Å². The second kappa shape index (κ2) is 7.65. The molecule has 0 unspecified atom stereocenters. The van der Waals surface area contributed by atoms with Crippen molar-refractivity contribution in [2.75, 3.05) is 0 Å². The predicted molar refractivity (Wildman–Crippen MR) is 93.6 cm³/mol. The van der Waals surface area contributed by atoms with E-state index in [9.17, 15) is 14.0 Å². The fraction of sp³-hybridized carbons (Fsp3) is 0.222. The van der Waals surface area contributed by atoms with Crippen LogP contribution >= 0.6 is 15.9 Å². The molecule has 0 aliphatic carbocycles. The number of rotatable bonds is 6. The largest absolute Gasteiger partial charge is 0.461 e. The molecule has 0 bridgehead atoms. The average molecular weight is 408 g/mol. The molecule has 3 aromatic rings. The molecule has 1 heterocycles. The molecule has 25 heavy (non-hydrogen) atoms. The van der Waals surface area contributed by atoms with Crippen molar-refractivity contribution < 1.29 is 18.3 Å². The Morgan fingerprint density at radius 2 is 2.04 bits per heavy atom. The Morgan fingerprint density at radius 1 is 1.24 bits per heavy atom. The molecular weight excluding hydrogens is 393 g/mol. The molecule has 0 spiro atoms. The van der Waals surface area contributed by atoms with Gasteiger partial charge in [-0.05, 0) is 30.7 Å². The maximum atomic E-state index is 13.7. The first-order valence-corrected chi connectivity index (χ1v) is 8.52. The van der Waals surface area contributed by atoms with Crippen LogP contribution in [0.15, 0.2) is 56.1 Å². The van der Waals surface area contributed by atoms with Gasteiger partial charge in [-0.2, -0.15) is 0 Å². The summed E-state index contributed by atoms with van der Waals surface area (Å²) in [5, 5.41) is 0. The van der Waals surface area contributed by atoms with Crippen molar-refractivity contribution >= 4 is 33.0 Å². The van der Waals surface area contributed by atoms with Crippen molar-refractivity contribution in [1.82, 2.24) is 4.57 Å². The number of para-hydroxylation sites is 2. The van der Waals surface area contributed by atoms with Crippen LogP contribution in [0.1, 0.15) is 18.4 Å². The molecule has 0 aliphatic heterocycles. The summed E-state index contributed by atoms with van der Waals surface area (Å²) in [5.74, 6) is -1.33. The number of esters is 1. The Morgan fingerprint density at radius 3 is 2.84 bits per heavy atom. The fourth-order valence-corrected chi connectivity index (χ4v) is 2.81. The summed E-state index contributed by atoms with van der Waals surface area (Å²) in [5.41, 5.74) is 1.52. The molecule has 2 aromatic carbocycles. The number of carbonyl (C=O) groups excluding carboxylic acids is 1. The number of hydrogen-bond donors (Lipinski definition) is 0. The molecule has 5 nitrogen and oxygen atoms in total. The molecule has 0 atom stereocenters. The Balaban J connectivity index is 1.52. The van der Waals surface area contributed by atoms with E-state index in [0.717, 1.165) is 0 Å². The first-order chi connectivity index (χ1) is 12.0. The van der Waals surface area contributed by atoms with Crippen LogP contribution in [0.5, 0.6) is 0 Å². The number of nitrogens with zero attached hydrogens (tertiary/aromatic N) is 1. The first-order valence-electron chi connectivity index (χ1n) is 7.72. The number of aromatic nitrogens is 1. The van der Waals surface area contributed by atoms with Crippen molar-refractivity contribution in [3.63, 3.8) is 0 Å². The lowest BCUT2D eigenvalue weighted by atomic mass is 10.2. The Labute approximate surface area is 151 Å². The highest BCUT2D eigenvalue weighted by atomic mass is 79.9. The van der Waals surface area contributed by atoms with Gasteiger partial charge in [0.1, 0.15) is 12.4 Å². The Hall–Kier alpha value is -2.41. The van der Waals surface area contributed by atoms with E-state index in [1.165, 1.54) is 10.6 Å². The van der Waals surface area contributed by atoms with E-state index < -0.39 is 17.5 Å². The molecule has 1 aromatic heterocycles. The minimum Gasteiger partial charge on any atom is -0.461 e. The maximum Gasteiger partial charge on any atom is 0.419 e. The predicted octanol–water partition coefficient (Wildman–Crippen LogP) is 4.02. The summed E-state index contributed by atoms with van der Waals surface area (Å²) in [6, 6.07) is 11.7. The molecule has 3 rings (SSSR count). The third-order valence-corrected chi connectivity index (χ3v) is 4.23. The number of aryl methyl sites for hydroxylation is 1. The zero-order chi connectivity index (χ0) is 17.8. The Kier molecular flexibility index (Phi) is 5.33. The monoisotopic (exact) mass is 407 g/mol. The lowest BCUT2D eigenvalue weighted by molar-refractivity contribution is -0.145. The SMILES string of the molecule is O=C(CCCn1c(=O)oc2ccccc21)OCc1ccc(Br)cc1F. The normalized spacial score (nSPS) is 11.0. The van der Waals surface area contributed by atoms with Gasteiger partial charge in [-0.1, -0.05) is 34.1 Å². The number of hydrogen-bond acceptors (Lipinski definition) is 4. The minimum atomic E-state index is -0.452. The Bertz CT molecular complexity index is 963. The van der Waals surface area contributed by atoms with Gasteiger partial charge in [-0.15, -0.1) is 0 Å². The van der Waals surface area contributed by atoms with E-state index in [1.807, 2.05) is 6.07 Å². The van der Waals surface area contributed by atoms with Crippen molar-refractivity contribution in [3.8, 4) is 0 Å². The highest BCUT2D eigenvalue weighted by molar-refractivity contribution is 9.10. The minimum absolute atomic E-state index is 0.119. The third kappa shape index (κ3) is 4.17. The molecule has 7 heteroatoms. The van der Waals surface area contributed by atoms with Gasteiger partial charge < -0.3 is 9.15 Å². The smallest absolute Gasteiger partial charge is 0.419 e. The average Bonchev–Trinajstić information content (AvgIpc) is 2.90. The van der Waals surface area contributed by atoms with Crippen LogP contribution in [0.3, 0.4) is 0 Å². The highest BCUT2D eigenvalue weighted by Crippen LogP contribution is 2.16. The van der Waals surface area contributed by atoms with Gasteiger partial charge >= 0.3 is 11.7 Å². The number of oxazole rings is 1. The topological polar surface area (TPSA) is 61.4 Å². The van der Waals surface area contributed by atoms with Gasteiger partial charge in [-0.25, -0.2) is 9.18 Å². The molecule has 0 amide bonds. The standard InChI is InChI=1S/C18H15BrFNO4/c19-13-8-7-12(14(20)10-13)11-24-17(22)6-3-9-21-15-4-1-2-5-16(15)25-18(21)23/h1-2,4-5,7-8,10H,3,6,9,11H2. The number of ether oxygens (including phenoxy) is 1.